The molecule has 0 radical (unpaired) electrons. The Morgan fingerprint density at radius 2 is 1.78 bits per heavy atom. The average Bonchev–Trinajstić information content (AvgIpc) is 2.61. The molecule has 0 saturated heterocycles. The highest BCUT2D eigenvalue weighted by Gasteiger charge is 2.19. The first-order chi connectivity index (χ1) is 12.8. The fraction of sp³-hybridized carbons (Fsp3) is 0. The van der Waals surface area contributed by atoms with Crippen LogP contribution >= 0.6 is 34.8 Å². The van der Waals surface area contributed by atoms with Crippen LogP contribution in [0.25, 0.3) is 22.4 Å². The Morgan fingerprint density at radius 3 is 2.41 bits per heavy atom. The molecular formula is C18H9Cl3N4O2. The molecular weight excluding hydrogens is 411 g/mol. The highest BCUT2D eigenvalue weighted by atomic mass is 35.5. The van der Waals surface area contributed by atoms with Crippen molar-refractivity contribution in [1.82, 2.24) is 4.98 Å². The van der Waals surface area contributed by atoms with Crippen LogP contribution in [0.3, 0.4) is 0 Å². The van der Waals surface area contributed by atoms with Gasteiger partial charge in [-0.3, -0.25) is 10.1 Å². The first kappa shape index (κ1) is 18.9. The Morgan fingerprint density at radius 1 is 1.04 bits per heavy atom. The number of hydrogen-bond donors (Lipinski definition) is 1. The van der Waals surface area contributed by atoms with Gasteiger partial charge < -0.3 is 5.73 Å². The smallest absolute Gasteiger partial charge is 0.288 e. The van der Waals surface area contributed by atoms with Gasteiger partial charge in [-0.1, -0.05) is 40.9 Å². The Kier molecular flexibility index (Phi) is 5.19. The number of anilines is 1. The molecule has 27 heavy (non-hydrogen) atoms. The molecule has 3 rings (SSSR count). The summed E-state index contributed by atoms with van der Waals surface area (Å²) in [5.74, 6) is -0.0198. The molecule has 0 unspecified atom stereocenters. The molecule has 0 atom stereocenters. The van der Waals surface area contributed by atoms with E-state index in [1.165, 1.54) is 12.1 Å². The highest BCUT2D eigenvalue weighted by Crippen LogP contribution is 2.37. The third-order valence-corrected chi connectivity index (χ3v) is 4.69. The van der Waals surface area contributed by atoms with Gasteiger partial charge in [0.2, 0.25) is 0 Å². The summed E-state index contributed by atoms with van der Waals surface area (Å²) in [6.45, 7) is 0. The molecule has 6 nitrogen and oxygen atoms in total. The van der Waals surface area contributed by atoms with E-state index in [4.69, 9.17) is 40.5 Å². The minimum Gasteiger partial charge on any atom is -0.383 e. The van der Waals surface area contributed by atoms with Crippen molar-refractivity contribution in [3.05, 3.63) is 73.2 Å². The van der Waals surface area contributed by atoms with Gasteiger partial charge >= 0.3 is 0 Å². The first-order valence-corrected chi connectivity index (χ1v) is 8.55. The molecule has 1 heterocycles. The normalized spacial score (nSPS) is 10.4. The van der Waals surface area contributed by atoms with Crippen LogP contribution in [0.5, 0.6) is 0 Å². The summed E-state index contributed by atoms with van der Waals surface area (Å²) in [6.07, 6.45) is 0. The van der Waals surface area contributed by atoms with E-state index in [2.05, 4.69) is 4.98 Å². The predicted molar refractivity (Wildman–Crippen MR) is 106 cm³/mol. The summed E-state index contributed by atoms with van der Waals surface area (Å²) in [5.41, 5.74) is 7.52. The molecule has 0 fully saturated rings. The molecule has 0 aliphatic carbocycles. The zero-order valence-corrected chi connectivity index (χ0v) is 15.7. The van der Waals surface area contributed by atoms with E-state index in [0.29, 0.717) is 32.4 Å². The second kappa shape index (κ2) is 7.41. The fourth-order valence-electron chi connectivity index (χ4n) is 2.57. The van der Waals surface area contributed by atoms with E-state index in [9.17, 15) is 15.4 Å². The summed E-state index contributed by atoms with van der Waals surface area (Å²) in [4.78, 5) is 14.8. The Balaban J connectivity index is 2.27. The van der Waals surface area contributed by atoms with Gasteiger partial charge in [-0.05, 0) is 35.9 Å². The molecule has 134 valence electrons. The summed E-state index contributed by atoms with van der Waals surface area (Å²) >= 11 is 18.0. The van der Waals surface area contributed by atoms with E-state index < -0.39 is 4.92 Å². The number of benzene rings is 2. The maximum Gasteiger partial charge on any atom is 0.288 e. The van der Waals surface area contributed by atoms with Gasteiger partial charge in [-0.25, -0.2) is 4.98 Å². The molecule has 9 heteroatoms. The van der Waals surface area contributed by atoms with Gasteiger partial charge in [0.15, 0.2) is 0 Å². The van der Waals surface area contributed by atoms with Gasteiger partial charge in [-0.15, -0.1) is 0 Å². The average molecular weight is 420 g/mol. The minimum absolute atomic E-state index is 0.00902. The van der Waals surface area contributed by atoms with E-state index in [1.807, 2.05) is 6.07 Å². The summed E-state index contributed by atoms with van der Waals surface area (Å²) < 4.78 is 0. The zero-order valence-electron chi connectivity index (χ0n) is 13.4. The van der Waals surface area contributed by atoms with E-state index in [1.54, 1.807) is 30.3 Å². The lowest BCUT2D eigenvalue weighted by Crippen LogP contribution is -2.00. The number of hydrogen-bond acceptors (Lipinski definition) is 5. The van der Waals surface area contributed by atoms with Crippen LogP contribution in [-0.2, 0) is 0 Å². The number of nitriles is 1. The quantitative estimate of drug-likeness (QED) is 0.430. The molecule has 3 aromatic rings. The van der Waals surface area contributed by atoms with Crippen molar-refractivity contribution >= 4 is 46.3 Å². The number of nitro benzene ring substituents is 1. The molecule has 0 spiro atoms. The Hall–Kier alpha value is -2.85. The molecule has 0 aliphatic heterocycles. The van der Waals surface area contributed by atoms with Gasteiger partial charge in [0.25, 0.3) is 5.69 Å². The standard InChI is InChI=1S/C18H9Cl3N4O2/c19-10-2-3-11(15(21)6-10)16-7-12(13(8-22)18(23)24-16)9-1-4-14(20)17(5-9)25(26)27/h1-7H,(H2,23,24). The molecule has 1 aromatic heterocycles. The third kappa shape index (κ3) is 3.67. The van der Waals surface area contributed by atoms with Crippen molar-refractivity contribution in [2.75, 3.05) is 5.73 Å². The van der Waals surface area contributed by atoms with E-state index >= 15 is 0 Å². The minimum atomic E-state index is -0.598. The maximum absolute atomic E-state index is 11.2. The van der Waals surface area contributed by atoms with E-state index in [0.717, 1.165) is 0 Å². The molecule has 2 N–H and O–H groups in total. The number of rotatable bonds is 3. The van der Waals surface area contributed by atoms with Crippen molar-refractivity contribution in [3.8, 4) is 28.5 Å². The van der Waals surface area contributed by atoms with Crippen LogP contribution in [0, 0.1) is 21.4 Å². The topological polar surface area (TPSA) is 106 Å². The van der Waals surface area contributed by atoms with Gasteiger partial charge in [0, 0.05) is 22.2 Å². The predicted octanol–water partition coefficient (Wildman–Crippen LogP) is 5.74. The number of nitrogens with zero attached hydrogens (tertiary/aromatic N) is 3. The summed E-state index contributed by atoms with van der Waals surface area (Å²) in [5, 5.41) is 21.5. The van der Waals surface area contributed by atoms with Crippen molar-refractivity contribution in [2.24, 2.45) is 0 Å². The summed E-state index contributed by atoms with van der Waals surface area (Å²) in [6, 6.07) is 12.7. The maximum atomic E-state index is 11.2. The number of halogens is 3. The third-order valence-electron chi connectivity index (χ3n) is 3.82. The lowest BCUT2D eigenvalue weighted by atomic mass is 9.98. The molecule has 0 saturated carbocycles. The zero-order chi connectivity index (χ0) is 19.7. The molecule has 0 bridgehead atoms. The SMILES string of the molecule is N#Cc1c(-c2ccc(Cl)c([N+](=O)[O-])c2)cc(-c2ccc(Cl)cc2Cl)nc1N. The summed E-state index contributed by atoms with van der Waals surface area (Å²) in [7, 11) is 0. The number of nitrogen functional groups attached to an aromatic ring is 1. The van der Waals surface area contributed by atoms with Crippen molar-refractivity contribution in [3.63, 3.8) is 0 Å². The monoisotopic (exact) mass is 418 g/mol. The van der Waals surface area contributed by atoms with Crippen molar-refractivity contribution in [1.29, 1.82) is 5.26 Å². The van der Waals surface area contributed by atoms with Crippen LogP contribution < -0.4 is 5.73 Å². The van der Waals surface area contributed by atoms with Gasteiger partial charge in [0.05, 0.1) is 15.6 Å². The Bertz CT molecular complexity index is 1130. The second-order valence-electron chi connectivity index (χ2n) is 5.47. The molecule has 0 amide bonds. The molecule has 0 aliphatic rings. The van der Waals surface area contributed by atoms with Gasteiger partial charge in [0.1, 0.15) is 22.5 Å². The van der Waals surface area contributed by atoms with E-state index in [-0.39, 0.29) is 22.1 Å². The van der Waals surface area contributed by atoms with Crippen LogP contribution in [0.15, 0.2) is 42.5 Å². The molecule has 2 aromatic carbocycles. The van der Waals surface area contributed by atoms with Crippen LogP contribution in [0.1, 0.15) is 5.56 Å². The number of aromatic nitrogens is 1. The van der Waals surface area contributed by atoms with Gasteiger partial charge in [-0.2, -0.15) is 5.26 Å². The van der Waals surface area contributed by atoms with Crippen molar-refractivity contribution in [2.45, 2.75) is 0 Å². The lowest BCUT2D eigenvalue weighted by molar-refractivity contribution is -0.384. The van der Waals surface area contributed by atoms with Crippen LogP contribution in [0.4, 0.5) is 11.5 Å². The lowest BCUT2D eigenvalue weighted by Gasteiger charge is -2.11. The highest BCUT2D eigenvalue weighted by molar-refractivity contribution is 6.36. The number of pyridine rings is 1. The second-order valence-corrected chi connectivity index (χ2v) is 6.73. The Labute approximate surface area is 168 Å². The van der Waals surface area contributed by atoms with Crippen LogP contribution in [-0.4, -0.2) is 9.91 Å². The van der Waals surface area contributed by atoms with Crippen molar-refractivity contribution < 1.29 is 4.92 Å². The van der Waals surface area contributed by atoms with Crippen LogP contribution in [0.2, 0.25) is 15.1 Å². The number of nitro groups is 1. The first-order valence-electron chi connectivity index (χ1n) is 7.42. The number of nitrogens with two attached hydrogens (primary N) is 1. The largest absolute Gasteiger partial charge is 0.383 e. The fourth-order valence-corrected chi connectivity index (χ4v) is 3.26.